The highest BCUT2D eigenvalue weighted by molar-refractivity contribution is 5.96. The number of ether oxygens (including phenoxy) is 1. The van der Waals surface area contributed by atoms with Crippen LogP contribution in [0.1, 0.15) is 21.5 Å². The first-order chi connectivity index (χ1) is 11.9. The Kier molecular flexibility index (Phi) is 5.67. The second kappa shape index (κ2) is 7.91. The lowest BCUT2D eigenvalue weighted by Crippen LogP contribution is -2.33. The maximum Gasteiger partial charge on any atom is 0.272 e. The van der Waals surface area contributed by atoms with Gasteiger partial charge in [0.15, 0.2) is 0 Å². The van der Waals surface area contributed by atoms with Gasteiger partial charge in [0.25, 0.3) is 11.6 Å². The van der Waals surface area contributed by atoms with Crippen LogP contribution in [-0.2, 0) is 11.4 Å². The van der Waals surface area contributed by atoms with Crippen LogP contribution >= 0.6 is 0 Å². The van der Waals surface area contributed by atoms with Crippen molar-refractivity contribution >= 4 is 17.5 Å². The monoisotopic (exact) mass is 343 g/mol. The zero-order valence-corrected chi connectivity index (χ0v) is 13.5. The quantitative estimate of drug-likeness (QED) is 0.585. The van der Waals surface area contributed by atoms with E-state index in [1.807, 2.05) is 0 Å². The topological polar surface area (TPSA) is 125 Å². The van der Waals surface area contributed by atoms with Crippen LogP contribution in [0.5, 0.6) is 5.75 Å². The van der Waals surface area contributed by atoms with Crippen LogP contribution in [0.25, 0.3) is 0 Å². The van der Waals surface area contributed by atoms with Crippen molar-refractivity contribution in [2.45, 2.75) is 13.5 Å². The molecule has 8 nitrogen and oxygen atoms in total. The van der Waals surface area contributed by atoms with E-state index < -0.39 is 16.7 Å². The van der Waals surface area contributed by atoms with Gasteiger partial charge in [-0.05, 0) is 30.7 Å². The number of carbonyl (C=O) groups excluding carboxylic acids is 2. The minimum Gasteiger partial charge on any atom is -0.489 e. The third-order valence-corrected chi connectivity index (χ3v) is 3.53. The van der Waals surface area contributed by atoms with E-state index in [-0.39, 0.29) is 18.8 Å². The first-order valence-corrected chi connectivity index (χ1v) is 7.40. The van der Waals surface area contributed by atoms with Gasteiger partial charge in [0.2, 0.25) is 5.91 Å². The summed E-state index contributed by atoms with van der Waals surface area (Å²) in [7, 11) is 0. The van der Waals surface area contributed by atoms with Gasteiger partial charge >= 0.3 is 0 Å². The minimum atomic E-state index is -0.637. The van der Waals surface area contributed by atoms with Gasteiger partial charge in [0.05, 0.1) is 11.5 Å². The molecule has 2 rings (SSSR count). The van der Waals surface area contributed by atoms with Crippen LogP contribution in [0.2, 0.25) is 0 Å². The lowest BCUT2D eigenvalue weighted by Gasteiger charge is -2.10. The largest absolute Gasteiger partial charge is 0.489 e. The Bertz CT molecular complexity index is 820. The van der Waals surface area contributed by atoms with Crippen molar-refractivity contribution < 1.29 is 19.2 Å². The van der Waals surface area contributed by atoms with Crippen LogP contribution in [0, 0.1) is 17.0 Å². The number of nitro benzene ring substituents is 1. The summed E-state index contributed by atoms with van der Waals surface area (Å²) in [6.07, 6.45) is 0. The molecule has 0 fully saturated rings. The molecule has 0 saturated carbocycles. The van der Waals surface area contributed by atoms with Crippen LogP contribution in [0.4, 0.5) is 5.69 Å². The molecule has 0 bridgehead atoms. The fraction of sp³-hybridized carbons (Fsp3) is 0.176. The molecule has 2 aromatic rings. The lowest BCUT2D eigenvalue weighted by atomic mass is 10.1. The minimum absolute atomic E-state index is 0.0284. The Balaban J connectivity index is 2.08. The van der Waals surface area contributed by atoms with Crippen LogP contribution in [0.15, 0.2) is 42.5 Å². The van der Waals surface area contributed by atoms with Gasteiger partial charge in [-0.3, -0.25) is 19.7 Å². The number of hydrogen-bond donors (Lipinski definition) is 2. The van der Waals surface area contributed by atoms with Crippen LogP contribution < -0.4 is 15.8 Å². The number of rotatable bonds is 7. The normalized spacial score (nSPS) is 10.1. The Morgan fingerprint density at radius 3 is 2.64 bits per heavy atom. The summed E-state index contributed by atoms with van der Waals surface area (Å²) in [4.78, 5) is 33.1. The molecule has 2 aromatic carbocycles. The predicted molar refractivity (Wildman–Crippen MR) is 90.1 cm³/mol. The van der Waals surface area contributed by atoms with E-state index in [2.05, 4.69) is 5.32 Å². The number of nitro groups is 1. The molecule has 3 N–H and O–H groups in total. The van der Waals surface area contributed by atoms with E-state index in [0.717, 1.165) is 0 Å². The van der Waals surface area contributed by atoms with Gasteiger partial charge in [0.1, 0.15) is 12.4 Å². The average molecular weight is 343 g/mol. The van der Waals surface area contributed by atoms with Crippen molar-refractivity contribution in [2.75, 3.05) is 6.54 Å². The van der Waals surface area contributed by atoms with E-state index in [1.165, 1.54) is 12.1 Å². The zero-order chi connectivity index (χ0) is 18.4. The number of nitrogens with zero attached hydrogens (tertiary/aromatic N) is 1. The van der Waals surface area contributed by atoms with E-state index >= 15 is 0 Å². The summed E-state index contributed by atoms with van der Waals surface area (Å²) in [5, 5.41) is 13.3. The third-order valence-electron chi connectivity index (χ3n) is 3.53. The van der Waals surface area contributed by atoms with Gasteiger partial charge in [-0.25, -0.2) is 0 Å². The summed E-state index contributed by atoms with van der Waals surface area (Å²) >= 11 is 0. The molecule has 0 aliphatic heterocycles. The molecule has 0 aromatic heterocycles. The molecule has 0 radical (unpaired) electrons. The van der Waals surface area contributed by atoms with E-state index in [4.69, 9.17) is 10.5 Å². The molecule has 0 heterocycles. The molecular formula is C17H17N3O5. The maximum atomic E-state index is 11.9. The molecule has 2 amide bonds. The average Bonchev–Trinajstić information content (AvgIpc) is 2.58. The van der Waals surface area contributed by atoms with Gasteiger partial charge in [-0.2, -0.15) is 0 Å². The molecule has 8 heteroatoms. The number of hydrogen-bond acceptors (Lipinski definition) is 5. The van der Waals surface area contributed by atoms with Crippen molar-refractivity contribution in [1.29, 1.82) is 0 Å². The van der Waals surface area contributed by atoms with E-state index in [1.54, 1.807) is 37.3 Å². The number of benzene rings is 2. The smallest absolute Gasteiger partial charge is 0.272 e. The maximum absolute atomic E-state index is 11.9. The SMILES string of the molecule is Cc1c(COc2cccc(C(=O)NCC(N)=O)c2)cccc1[N+](=O)[O-]. The first kappa shape index (κ1) is 17.9. The van der Waals surface area contributed by atoms with Crippen molar-refractivity contribution in [1.82, 2.24) is 5.32 Å². The zero-order valence-electron chi connectivity index (χ0n) is 13.5. The van der Waals surface area contributed by atoms with Crippen molar-refractivity contribution in [3.05, 3.63) is 69.3 Å². The second-order valence-electron chi connectivity index (χ2n) is 5.28. The molecule has 0 atom stereocenters. The highest BCUT2D eigenvalue weighted by atomic mass is 16.6. The summed E-state index contributed by atoms with van der Waals surface area (Å²) < 4.78 is 5.63. The molecule has 0 spiro atoms. The van der Waals surface area contributed by atoms with Crippen LogP contribution in [0.3, 0.4) is 0 Å². The molecule has 0 aliphatic carbocycles. The first-order valence-electron chi connectivity index (χ1n) is 7.40. The summed E-state index contributed by atoms with van der Waals surface area (Å²) in [5.41, 5.74) is 6.53. The standard InChI is InChI=1S/C17H17N3O5/c1-11-13(5-3-7-15(11)20(23)24)10-25-14-6-2-4-12(8-14)17(22)19-9-16(18)21/h2-8H,9-10H2,1H3,(H2,18,21)(H,19,22). The fourth-order valence-electron chi connectivity index (χ4n) is 2.18. The Morgan fingerprint density at radius 2 is 1.96 bits per heavy atom. The highest BCUT2D eigenvalue weighted by Crippen LogP contribution is 2.23. The lowest BCUT2D eigenvalue weighted by molar-refractivity contribution is -0.385. The highest BCUT2D eigenvalue weighted by Gasteiger charge is 2.14. The van der Waals surface area contributed by atoms with Gasteiger partial charge < -0.3 is 15.8 Å². The van der Waals surface area contributed by atoms with Crippen LogP contribution in [-0.4, -0.2) is 23.3 Å². The second-order valence-corrected chi connectivity index (χ2v) is 5.28. The van der Waals surface area contributed by atoms with Gasteiger partial charge in [-0.1, -0.05) is 18.2 Å². The molecule has 0 unspecified atom stereocenters. The molecule has 0 aliphatic rings. The van der Waals surface area contributed by atoms with E-state index in [9.17, 15) is 19.7 Å². The Morgan fingerprint density at radius 1 is 1.24 bits per heavy atom. The van der Waals surface area contributed by atoms with Gasteiger partial charge in [-0.15, -0.1) is 0 Å². The number of nitrogens with one attached hydrogen (secondary N) is 1. The number of carbonyl (C=O) groups is 2. The fourth-order valence-corrected chi connectivity index (χ4v) is 2.18. The molecule has 130 valence electrons. The molecular weight excluding hydrogens is 326 g/mol. The van der Waals surface area contributed by atoms with Crippen molar-refractivity contribution in [3.8, 4) is 5.75 Å². The van der Waals surface area contributed by atoms with Crippen molar-refractivity contribution in [2.24, 2.45) is 5.73 Å². The summed E-state index contributed by atoms with van der Waals surface area (Å²) in [6, 6.07) is 11.2. The summed E-state index contributed by atoms with van der Waals surface area (Å²) in [6.45, 7) is 1.53. The van der Waals surface area contributed by atoms with Gasteiger partial charge in [0, 0.05) is 17.2 Å². The third kappa shape index (κ3) is 4.77. The Hall–Kier alpha value is -3.42. The number of primary amides is 1. The summed E-state index contributed by atoms with van der Waals surface area (Å²) in [5.74, 6) is -0.657. The van der Waals surface area contributed by atoms with Crippen molar-refractivity contribution in [3.63, 3.8) is 0 Å². The van der Waals surface area contributed by atoms with E-state index in [0.29, 0.717) is 22.4 Å². The Labute approximate surface area is 143 Å². The number of nitrogens with two attached hydrogens (primary N) is 1. The molecule has 25 heavy (non-hydrogen) atoms. The molecule has 0 saturated heterocycles. The number of amides is 2. The predicted octanol–water partition coefficient (Wildman–Crippen LogP) is 1.70.